The van der Waals surface area contributed by atoms with Gasteiger partial charge in [-0.1, -0.05) is 26.0 Å². The summed E-state index contributed by atoms with van der Waals surface area (Å²) >= 11 is 0. The zero-order valence-electron chi connectivity index (χ0n) is 31.7. The van der Waals surface area contributed by atoms with Crippen molar-refractivity contribution in [2.45, 2.75) is 66.2 Å². The Kier molecular flexibility index (Phi) is 12.4. The number of benzene rings is 2. The monoisotopic (exact) mass is 682 g/mol. The fraction of sp³-hybridized carbons (Fsp3) is 0.512. The number of anilines is 2. The van der Waals surface area contributed by atoms with Crippen molar-refractivity contribution < 1.29 is 14.3 Å². The maximum Gasteiger partial charge on any atom is 0.137 e. The molecule has 0 saturated carbocycles. The van der Waals surface area contributed by atoms with Crippen LogP contribution in [0.3, 0.4) is 0 Å². The van der Waals surface area contributed by atoms with Gasteiger partial charge in [0.05, 0.1) is 42.0 Å². The molecule has 3 heterocycles. The molecule has 9 nitrogen and oxygen atoms in total. The van der Waals surface area contributed by atoms with Crippen LogP contribution in [0.15, 0.2) is 48.7 Å². The van der Waals surface area contributed by atoms with Gasteiger partial charge in [0.1, 0.15) is 6.29 Å². The number of methoxy groups -OCH3 is 2. The summed E-state index contributed by atoms with van der Waals surface area (Å²) in [4.78, 5) is 21.7. The average Bonchev–Trinajstić information content (AvgIpc) is 3.41. The number of fused-ring (bicyclic) bond motifs is 1. The molecule has 1 saturated heterocycles. The van der Waals surface area contributed by atoms with E-state index >= 15 is 0 Å². The van der Waals surface area contributed by atoms with Gasteiger partial charge in [-0.3, -0.25) is 4.98 Å². The largest absolute Gasteiger partial charge is 0.385 e. The van der Waals surface area contributed by atoms with E-state index in [1.807, 2.05) is 13.2 Å². The van der Waals surface area contributed by atoms with Crippen molar-refractivity contribution in [3.05, 3.63) is 65.5 Å². The Labute approximate surface area is 299 Å². The van der Waals surface area contributed by atoms with Crippen molar-refractivity contribution in [3.63, 3.8) is 0 Å². The summed E-state index contributed by atoms with van der Waals surface area (Å²) in [6.45, 7) is 17.3. The maximum atomic E-state index is 11.7. The van der Waals surface area contributed by atoms with E-state index in [1.54, 1.807) is 14.2 Å². The first-order valence-corrected chi connectivity index (χ1v) is 18.2. The third-order valence-electron chi connectivity index (χ3n) is 10.1. The summed E-state index contributed by atoms with van der Waals surface area (Å²) in [6, 6.07) is 15.6. The number of nitrogens with zero attached hydrogens (tertiary/aromatic N) is 4. The fourth-order valence-electron chi connectivity index (χ4n) is 7.42. The number of aryl methyl sites for hydroxylation is 1. The average molecular weight is 683 g/mol. The van der Waals surface area contributed by atoms with E-state index in [4.69, 9.17) is 14.5 Å². The fourth-order valence-corrected chi connectivity index (χ4v) is 7.42. The maximum absolute atomic E-state index is 11.7. The molecule has 0 radical (unpaired) electrons. The van der Waals surface area contributed by atoms with Crippen LogP contribution in [0, 0.1) is 5.41 Å². The lowest BCUT2D eigenvalue weighted by atomic mass is 9.84. The summed E-state index contributed by atoms with van der Waals surface area (Å²) < 4.78 is 14.2. The highest BCUT2D eigenvalue weighted by molar-refractivity contribution is 5.96. The van der Waals surface area contributed by atoms with E-state index in [0.717, 1.165) is 91.3 Å². The molecule has 9 heteroatoms. The lowest BCUT2D eigenvalue weighted by Crippen LogP contribution is -2.44. The van der Waals surface area contributed by atoms with Gasteiger partial charge in [0.15, 0.2) is 0 Å². The summed E-state index contributed by atoms with van der Waals surface area (Å²) in [5, 5.41) is 7.87. The summed E-state index contributed by atoms with van der Waals surface area (Å²) in [7, 11) is 7.57. The molecule has 2 aromatic carbocycles. The zero-order valence-corrected chi connectivity index (χ0v) is 31.7. The molecule has 50 heavy (non-hydrogen) atoms. The molecule has 1 aliphatic rings. The Morgan fingerprint density at radius 3 is 2.42 bits per heavy atom. The van der Waals surface area contributed by atoms with E-state index in [2.05, 4.69) is 109 Å². The minimum Gasteiger partial charge on any atom is -0.385 e. The molecule has 2 unspecified atom stereocenters. The molecule has 0 amide bonds. The van der Waals surface area contributed by atoms with Crippen LogP contribution in [0.1, 0.15) is 57.5 Å². The number of likely N-dealkylation sites (N-methyl/N-ethyl adjacent to an activating group) is 2. The Balaban J connectivity index is 1.76. The van der Waals surface area contributed by atoms with Crippen molar-refractivity contribution >= 4 is 28.6 Å². The van der Waals surface area contributed by atoms with Crippen molar-refractivity contribution in [3.8, 4) is 22.4 Å². The van der Waals surface area contributed by atoms with Gasteiger partial charge in [-0.15, -0.1) is 0 Å². The van der Waals surface area contributed by atoms with Crippen LogP contribution in [-0.4, -0.2) is 94.4 Å². The summed E-state index contributed by atoms with van der Waals surface area (Å²) in [6.07, 6.45) is 4.29. The molecule has 270 valence electrons. The molecule has 4 aromatic rings. The van der Waals surface area contributed by atoms with Gasteiger partial charge in [-0.25, -0.2) is 0 Å². The van der Waals surface area contributed by atoms with Crippen LogP contribution < -0.4 is 15.5 Å². The van der Waals surface area contributed by atoms with Gasteiger partial charge in [0.25, 0.3) is 0 Å². The highest BCUT2D eigenvalue weighted by atomic mass is 16.5. The number of carbonyl (C=O) groups is 1. The quantitative estimate of drug-likeness (QED) is 0.125. The topological polar surface area (TPSA) is 83.9 Å². The SMILES string of the molecule is CCNc1cc(CC(C=O)NC)cc(-c2ccc3c(c2)c(CC(C)(C)COC)c(-c2cc(N4CCN(C)CC4)cnc2C(C)OC)n3CC)c1. The van der Waals surface area contributed by atoms with Gasteiger partial charge in [-0.2, -0.15) is 0 Å². The van der Waals surface area contributed by atoms with E-state index in [-0.39, 0.29) is 17.6 Å². The molecule has 1 aliphatic heterocycles. The number of piperazine rings is 1. The van der Waals surface area contributed by atoms with Crippen LogP contribution in [0.2, 0.25) is 0 Å². The van der Waals surface area contributed by atoms with Crippen LogP contribution in [-0.2, 0) is 33.7 Å². The van der Waals surface area contributed by atoms with Crippen LogP contribution >= 0.6 is 0 Å². The normalized spacial score (nSPS) is 15.4. The lowest BCUT2D eigenvalue weighted by molar-refractivity contribution is -0.109. The van der Waals surface area contributed by atoms with Gasteiger partial charge in [-0.05, 0) is 106 Å². The van der Waals surface area contributed by atoms with E-state index in [1.165, 1.54) is 22.2 Å². The first-order chi connectivity index (χ1) is 24.1. The molecule has 2 N–H and O–H groups in total. The van der Waals surface area contributed by atoms with Crippen molar-refractivity contribution in [1.82, 2.24) is 19.8 Å². The minimum atomic E-state index is -0.239. The molecule has 2 aromatic heterocycles. The second-order valence-corrected chi connectivity index (χ2v) is 14.6. The number of hydrogen-bond donors (Lipinski definition) is 2. The van der Waals surface area contributed by atoms with Crippen LogP contribution in [0.5, 0.6) is 0 Å². The highest BCUT2D eigenvalue weighted by Crippen LogP contribution is 2.43. The molecular weight excluding hydrogens is 624 g/mol. The van der Waals surface area contributed by atoms with Crippen molar-refractivity contribution in [2.75, 3.05) is 77.9 Å². The number of aldehydes is 1. The number of ether oxygens (including phenoxy) is 2. The first-order valence-electron chi connectivity index (χ1n) is 18.2. The van der Waals surface area contributed by atoms with E-state index < -0.39 is 0 Å². The van der Waals surface area contributed by atoms with Gasteiger partial charge in [0, 0.05) is 75.6 Å². The third-order valence-corrected chi connectivity index (χ3v) is 10.1. The molecule has 0 bridgehead atoms. The Morgan fingerprint density at radius 2 is 1.78 bits per heavy atom. The second-order valence-electron chi connectivity index (χ2n) is 14.6. The number of pyridine rings is 1. The standard InChI is InChI=1S/C41H58N6O3/c1-10-43-32-19-29(20-33(26-48)42-6)18-31(21-32)30-12-13-38-35(22-30)37(24-41(4,5)27-49-8)40(47(38)11-2)36-23-34(25-44-39(36)28(3)50-9)46-16-14-45(7)15-17-46/h12-13,18-19,21-23,25-26,28,33,42-43H,10-11,14-17,20,24,27H2,1-9H3. The lowest BCUT2D eigenvalue weighted by Gasteiger charge is -2.34. The van der Waals surface area contributed by atoms with Gasteiger partial charge >= 0.3 is 0 Å². The highest BCUT2D eigenvalue weighted by Gasteiger charge is 2.29. The van der Waals surface area contributed by atoms with Gasteiger partial charge < -0.3 is 39.3 Å². The van der Waals surface area contributed by atoms with E-state index in [9.17, 15) is 4.79 Å². The van der Waals surface area contributed by atoms with Crippen molar-refractivity contribution in [1.29, 1.82) is 0 Å². The number of carbonyl (C=O) groups excluding carboxylic acids is 1. The molecule has 2 atom stereocenters. The number of nitrogens with one attached hydrogen (secondary N) is 2. The number of hydrogen-bond acceptors (Lipinski definition) is 8. The molecule has 0 spiro atoms. The second kappa shape index (κ2) is 16.5. The Hall–Kier alpha value is -3.76. The van der Waals surface area contributed by atoms with Crippen LogP contribution in [0.4, 0.5) is 11.4 Å². The van der Waals surface area contributed by atoms with Gasteiger partial charge in [0.2, 0.25) is 0 Å². The first kappa shape index (κ1) is 37.5. The van der Waals surface area contributed by atoms with Crippen LogP contribution in [0.25, 0.3) is 33.3 Å². The zero-order chi connectivity index (χ0) is 36.0. The Morgan fingerprint density at radius 1 is 1.02 bits per heavy atom. The summed E-state index contributed by atoms with van der Waals surface area (Å²) in [5.41, 5.74) is 11.3. The molecule has 1 fully saturated rings. The third kappa shape index (κ3) is 8.23. The molecule has 5 rings (SSSR count). The minimum absolute atomic E-state index is 0.114. The predicted octanol–water partition coefficient (Wildman–Crippen LogP) is 6.83. The molecule has 0 aliphatic carbocycles. The predicted molar refractivity (Wildman–Crippen MR) is 208 cm³/mol. The number of aromatic nitrogens is 2. The van der Waals surface area contributed by atoms with Crippen molar-refractivity contribution in [2.24, 2.45) is 5.41 Å². The molecular formula is C41H58N6O3. The Bertz CT molecular complexity index is 1760. The smallest absolute Gasteiger partial charge is 0.137 e. The number of rotatable bonds is 16. The summed E-state index contributed by atoms with van der Waals surface area (Å²) in [5.74, 6) is 0. The van der Waals surface area contributed by atoms with E-state index in [0.29, 0.717) is 13.0 Å².